The molecule has 1 aromatic carbocycles. The predicted molar refractivity (Wildman–Crippen MR) is 75.9 cm³/mol. The third-order valence-corrected chi connectivity index (χ3v) is 7.91. The fourth-order valence-electron chi connectivity index (χ4n) is 1.56. The van der Waals surface area contributed by atoms with Crippen LogP contribution in [0, 0.1) is 17.1 Å². The molecule has 0 saturated carbocycles. The van der Waals surface area contributed by atoms with E-state index in [0.29, 0.717) is 12.5 Å². The zero-order valence-corrected chi connectivity index (χ0v) is 13.8. The van der Waals surface area contributed by atoms with E-state index in [2.05, 4.69) is 0 Å². The van der Waals surface area contributed by atoms with Gasteiger partial charge in [0.2, 0.25) is 9.84 Å². The topological polar surface area (TPSA) is 126 Å². The molecule has 0 amide bonds. The average Bonchev–Trinajstić information content (AvgIpc) is 2.32. The van der Waals surface area contributed by atoms with Gasteiger partial charge in [0.25, 0.3) is 0 Å². The predicted octanol–water partition coefficient (Wildman–Crippen LogP) is 0.381. The molecule has 0 aliphatic carbocycles. The van der Waals surface area contributed by atoms with Gasteiger partial charge in [-0.3, -0.25) is 0 Å². The Kier molecular flexibility index (Phi) is 4.81. The van der Waals surface area contributed by atoms with Crippen LogP contribution in [0.25, 0.3) is 0 Å². The molecule has 0 spiro atoms. The summed E-state index contributed by atoms with van der Waals surface area (Å²) >= 11 is 0. The Bertz CT molecular complexity index is 947. The summed E-state index contributed by atoms with van der Waals surface area (Å²) in [7, 11) is -13.8. The first-order chi connectivity index (χ1) is 9.81. The maximum absolute atomic E-state index is 12.8. The van der Waals surface area contributed by atoms with Crippen LogP contribution in [-0.4, -0.2) is 37.8 Å². The summed E-state index contributed by atoms with van der Waals surface area (Å²) in [5.74, 6) is -0.757. The summed E-state index contributed by atoms with van der Waals surface area (Å²) in [4.78, 5) is -2.03. The van der Waals surface area contributed by atoms with Crippen LogP contribution >= 0.6 is 0 Å². The normalized spacial score (nSPS) is 12.5. The number of hydrogen-bond acceptors (Lipinski definition) is 7. The zero-order valence-electron chi connectivity index (χ0n) is 11.3. The maximum atomic E-state index is 12.8. The van der Waals surface area contributed by atoms with Crippen molar-refractivity contribution in [2.24, 2.45) is 0 Å². The molecule has 0 aliphatic heterocycles. The lowest BCUT2D eigenvalue weighted by Gasteiger charge is -2.08. The lowest BCUT2D eigenvalue weighted by atomic mass is 10.4. The molecule has 0 radical (unpaired) electrons. The molecule has 0 bridgehead atoms. The Morgan fingerprint density at radius 2 is 1.36 bits per heavy atom. The standard InChI is InChI=1S/C11H10FNO6S3/c1-20(14,15)11(21(2,16)17)10(7-13)22(18,19)9-5-3-8(12)4-6-9/h3-6H,1-2H3. The van der Waals surface area contributed by atoms with Crippen LogP contribution in [-0.2, 0) is 29.5 Å². The number of allylic oxidation sites excluding steroid dienone is 1. The van der Waals surface area contributed by atoms with E-state index in [1.54, 1.807) is 0 Å². The summed E-state index contributed by atoms with van der Waals surface area (Å²) in [6.07, 6.45) is 0.946. The highest BCUT2D eigenvalue weighted by atomic mass is 32.3. The number of nitriles is 1. The van der Waals surface area contributed by atoms with Crippen LogP contribution in [0.15, 0.2) is 38.3 Å². The average molecular weight is 367 g/mol. The molecular formula is C11H10FNO6S3. The van der Waals surface area contributed by atoms with Crippen molar-refractivity contribution in [2.75, 3.05) is 12.5 Å². The third kappa shape index (κ3) is 3.70. The summed E-state index contributed by atoms with van der Waals surface area (Å²) in [5, 5.41) is 8.98. The lowest BCUT2D eigenvalue weighted by Crippen LogP contribution is -2.18. The van der Waals surface area contributed by atoms with Crippen molar-refractivity contribution in [3.63, 3.8) is 0 Å². The van der Waals surface area contributed by atoms with Crippen molar-refractivity contribution in [3.8, 4) is 6.07 Å². The van der Waals surface area contributed by atoms with E-state index in [4.69, 9.17) is 5.26 Å². The highest BCUT2D eigenvalue weighted by Gasteiger charge is 2.35. The molecule has 11 heteroatoms. The Labute approximate surface area is 127 Å². The van der Waals surface area contributed by atoms with Gasteiger partial charge in [0.15, 0.2) is 28.8 Å². The van der Waals surface area contributed by atoms with E-state index in [1.807, 2.05) is 0 Å². The highest BCUT2D eigenvalue weighted by molar-refractivity contribution is 8.15. The Morgan fingerprint density at radius 1 is 0.955 bits per heavy atom. The second kappa shape index (κ2) is 5.79. The van der Waals surface area contributed by atoms with Gasteiger partial charge >= 0.3 is 0 Å². The molecule has 22 heavy (non-hydrogen) atoms. The van der Waals surface area contributed by atoms with E-state index in [9.17, 15) is 29.6 Å². The fourth-order valence-corrected chi connectivity index (χ4v) is 7.16. The first kappa shape index (κ1) is 18.3. The van der Waals surface area contributed by atoms with Crippen molar-refractivity contribution in [3.05, 3.63) is 39.2 Å². The second-order valence-corrected chi connectivity index (χ2v) is 10.3. The minimum Gasteiger partial charge on any atom is -0.223 e. The molecule has 0 saturated heterocycles. The molecule has 0 atom stereocenters. The first-order valence-electron chi connectivity index (χ1n) is 5.37. The summed E-state index contributed by atoms with van der Waals surface area (Å²) < 4.78 is 82.3. The van der Waals surface area contributed by atoms with E-state index in [0.717, 1.165) is 30.3 Å². The number of benzene rings is 1. The zero-order chi connectivity index (χ0) is 17.3. The van der Waals surface area contributed by atoms with E-state index >= 15 is 0 Å². The van der Waals surface area contributed by atoms with Gasteiger partial charge in [-0.25, -0.2) is 29.6 Å². The molecule has 0 aromatic heterocycles. The summed E-state index contributed by atoms with van der Waals surface area (Å²) in [6, 6.07) is 4.26. The number of nitrogens with zero attached hydrogens (tertiary/aromatic N) is 1. The Balaban J connectivity index is 3.92. The quantitative estimate of drug-likeness (QED) is 0.556. The molecule has 1 rings (SSSR count). The van der Waals surface area contributed by atoms with Gasteiger partial charge in [0.05, 0.1) is 4.90 Å². The van der Waals surface area contributed by atoms with E-state index in [-0.39, 0.29) is 0 Å². The van der Waals surface area contributed by atoms with E-state index < -0.39 is 49.4 Å². The van der Waals surface area contributed by atoms with Crippen molar-refractivity contribution in [1.29, 1.82) is 5.26 Å². The second-order valence-electron chi connectivity index (χ2n) is 4.23. The maximum Gasteiger partial charge on any atom is 0.218 e. The van der Waals surface area contributed by atoms with Crippen molar-refractivity contribution < 1.29 is 29.6 Å². The molecule has 1 aromatic rings. The smallest absolute Gasteiger partial charge is 0.218 e. The van der Waals surface area contributed by atoms with Crippen LogP contribution in [0.4, 0.5) is 4.39 Å². The van der Waals surface area contributed by atoms with Crippen LogP contribution in [0.1, 0.15) is 0 Å². The van der Waals surface area contributed by atoms with Crippen LogP contribution in [0.2, 0.25) is 0 Å². The molecular weight excluding hydrogens is 357 g/mol. The largest absolute Gasteiger partial charge is 0.223 e. The SMILES string of the molecule is CS(=O)(=O)C(=C(C#N)S(=O)(=O)c1ccc(F)cc1)S(C)(=O)=O. The molecule has 0 fully saturated rings. The van der Waals surface area contributed by atoms with Crippen LogP contribution in [0.3, 0.4) is 0 Å². The van der Waals surface area contributed by atoms with Crippen LogP contribution in [0.5, 0.6) is 0 Å². The molecule has 7 nitrogen and oxygen atoms in total. The van der Waals surface area contributed by atoms with Gasteiger partial charge in [-0.15, -0.1) is 0 Å². The molecule has 0 unspecified atom stereocenters. The first-order valence-corrected chi connectivity index (χ1v) is 10.6. The molecule has 120 valence electrons. The van der Waals surface area contributed by atoms with Gasteiger partial charge in [-0.1, -0.05) is 0 Å². The van der Waals surface area contributed by atoms with Gasteiger partial charge < -0.3 is 0 Å². The van der Waals surface area contributed by atoms with Gasteiger partial charge in [0, 0.05) is 12.5 Å². The Hall–Kier alpha value is -1.77. The van der Waals surface area contributed by atoms with Crippen molar-refractivity contribution >= 4 is 29.5 Å². The highest BCUT2D eigenvalue weighted by Crippen LogP contribution is 2.27. The van der Waals surface area contributed by atoms with Crippen molar-refractivity contribution in [1.82, 2.24) is 0 Å². The van der Waals surface area contributed by atoms with Gasteiger partial charge in [-0.05, 0) is 24.3 Å². The molecule has 0 aliphatic rings. The number of rotatable bonds is 4. The van der Waals surface area contributed by atoms with E-state index in [1.165, 1.54) is 0 Å². The van der Waals surface area contributed by atoms with Gasteiger partial charge in [0.1, 0.15) is 11.9 Å². The number of halogens is 1. The number of sulfone groups is 3. The molecule has 0 heterocycles. The third-order valence-electron chi connectivity index (χ3n) is 2.35. The number of hydrogen-bond donors (Lipinski definition) is 0. The molecule has 0 N–H and O–H groups in total. The lowest BCUT2D eigenvalue weighted by molar-refractivity contribution is 0.594. The Morgan fingerprint density at radius 3 is 1.68 bits per heavy atom. The monoisotopic (exact) mass is 367 g/mol. The summed E-state index contributed by atoms with van der Waals surface area (Å²) in [5.41, 5.74) is 0. The summed E-state index contributed by atoms with van der Waals surface area (Å²) in [6.45, 7) is 0. The fraction of sp³-hybridized carbons (Fsp3) is 0.182. The van der Waals surface area contributed by atoms with Gasteiger partial charge in [-0.2, -0.15) is 5.26 Å². The van der Waals surface area contributed by atoms with Crippen molar-refractivity contribution in [2.45, 2.75) is 4.90 Å². The van der Waals surface area contributed by atoms with Crippen LogP contribution < -0.4 is 0 Å². The minimum atomic E-state index is -4.74. The minimum absolute atomic E-state index is 0.473.